The lowest BCUT2D eigenvalue weighted by atomic mass is 9.97. The molecule has 1 aromatic carbocycles. The van der Waals surface area contributed by atoms with Crippen LogP contribution < -0.4 is 0 Å². The molecule has 0 aliphatic rings. The van der Waals surface area contributed by atoms with Gasteiger partial charge in [-0.25, -0.2) is 0 Å². The van der Waals surface area contributed by atoms with Gasteiger partial charge in [0.25, 0.3) is 0 Å². The van der Waals surface area contributed by atoms with E-state index in [1.54, 1.807) is 0 Å². The van der Waals surface area contributed by atoms with Crippen LogP contribution in [0.5, 0.6) is 0 Å². The van der Waals surface area contributed by atoms with Gasteiger partial charge in [-0.15, -0.1) is 0 Å². The molecule has 0 amide bonds. The average molecular weight is 280 g/mol. The normalized spacial score (nSPS) is 10.8. The highest BCUT2D eigenvalue weighted by atomic mass is 79.9. The molecule has 0 radical (unpaired) electrons. The van der Waals surface area contributed by atoms with Crippen molar-refractivity contribution >= 4 is 15.9 Å². The van der Waals surface area contributed by atoms with Gasteiger partial charge in [0, 0.05) is 11.6 Å². The van der Waals surface area contributed by atoms with Gasteiger partial charge in [0.1, 0.15) is 11.5 Å². The van der Waals surface area contributed by atoms with Gasteiger partial charge in [0.15, 0.2) is 0 Å². The van der Waals surface area contributed by atoms with Crippen LogP contribution in [0, 0.1) is 20.8 Å². The summed E-state index contributed by atoms with van der Waals surface area (Å²) >= 11 is 3.36. The molecule has 2 aromatic rings. The molecule has 0 atom stereocenters. The lowest BCUT2D eigenvalue weighted by Gasteiger charge is -2.07. The molecule has 0 aliphatic carbocycles. The fourth-order valence-corrected chi connectivity index (χ4v) is 2.34. The summed E-state index contributed by atoms with van der Waals surface area (Å²) in [4.78, 5) is 0. The molecule has 16 heavy (non-hydrogen) atoms. The van der Waals surface area contributed by atoms with E-state index in [9.17, 15) is 0 Å². The van der Waals surface area contributed by atoms with Crippen molar-refractivity contribution in [2.75, 3.05) is 0 Å². The van der Waals surface area contributed by atoms with Crippen LogP contribution in [0.15, 0.2) is 22.7 Å². The monoisotopic (exact) mass is 279 g/mol. The van der Waals surface area contributed by atoms with E-state index in [0.29, 0.717) is 5.33 Å². The van der Waals surface area contributed by atoms with Crippen molar-refractivity contribution in [2.24, 2.45) is 0 Å². The zero-order valence-corrected chi connectivity index (χ0v) is 11.3. The molecule has 84 valence electrons. The highest BCUT2D eigenvalue weighted by Gasteiger charge is 2.11. The number of alkyl halides is 1. The summed E-state index contributed by atoms with van der Waals surface area (Å²) in [7, 11) is 0. The summed E-state index contributed by atoms with van der Waals surface area (Å²) in [6.45, 7) is 6.33. The number of benzene rings is 1. The molecule has 0 fully saturated rings. The van der Waals surface area contributed by atoms with Crippen LogP contribution in [0.2, 0.25) is 0 Å². The summed E-state index contributed by atoms with van der Waals surface area (Å²) in [5.74, 6) is 0.856. The zero-order chi connectivity index (χ0) is 11.7. The Bertz CT molecular complexity index is 493. The number of hydrogen-bond donors (Lipinski definition) is 0. The van der Waals surface area contributed by atoms with Crippen LogP contribution in [-0.4, -0.2) is 5.16 Å². The smallest absolute Gasteiger partial charge is 0.147 e. The summed E-state index contributed by atoms with van der Waals surface area (Å²) in [5, 5.41) is 4.80. The summed E-state index contributed by atoms with van der Waals surface area (Å²) in [6.07, 6.45) is 0. The lowest BCUT2D eigenvalue weighted by molar-refractivity contribution is 0.398. The number of aryl methyl sites for hydroxylation is 3. The molecule has 1 aromatic heterocycles. The first-order valence-electron chi connectivity index (χ1n) is 5.21. The molecule has 0 saturated heterocycles. The van der Waals surface area contributed by atoms with Crippen LogP contribution in [-0.2, 0) is 5.33 Å². The summed E-state index contributed by atoms with van der Waals surface area (Å²) in [5.41, 5.74) is 5.87. The molecule has 0 aliphatic heterocycles. The Morgan fingerprint density at radius 1 is 1.12 bits per heavy atom. The minimum Gasteiger partial charge on any atom is -0.360 e. The van der Waals surface area contributed by atoms with E-state index >= 15 is 0 Å². The minimum absolute atomic E-state index is 0.698. The first-order valence-corrected chi connectivity index (χ1v) is 6.33. The van der Waals surface area contributed by atoms with E-state index < -0.39 is 0 Å². The first kappa shape index (κ1) is 11.4. The highest BCUT2D eigenvalue weighted by Crippen LogP contribution is 2.28. The van der Waals surface area contributed by atoms with Crippen molar-refractivity contribution in [2.45, 2.75) is 26.1 Å². The third kappa shape index (κ3) is 2.05. The van der Waals surface area contributed by atoms with E-state index in [-0.39, 0.29) is 0 Å². The van der Waals surface area contributed by atoms with Gasteiger partial charge in [-0.05, 0) is 31.9 Å². The molecule has 2 rings (SSSR count). The maximum Gasteiger partial charge on any atom is 0.147 e. The van der Waals surface area contributed by atoms with E-state index in [1.807, 2.05) is 6.07 Å². The van der Waals surface area contributed by atoms with Gasteiger partial charge in [0.05, 0.1) is 5.33 Å². The number of halogens is 1. The number of aromatic nitrogens is 1. The molecular weight excluding hydrogens is 266 g/mol. The summed E-state index contributed by atoms with van der Waals surface area (Å²) < 4.78 is 5.21. The molecule has 0 saturated carbocycles. The van der Waals surface area contributed by atoms with Crippen LogP contribution >= 0.6 is 15.9 Å². The van der Waals surface area contributed by atoms with Gasteiger partial charge < -0.3 is 4.52 Å². The Labute approximate surface area is 104 Å². The maximum atomic E-state index is 5.21. The molecule has 1 heterocycles. The van der Waals surface area contributed by atoms with Gasteiger partial charge in [-0.2, -0.15) is 0 Å². The second kappa shape index (κ2) is 4.42. The number of nitrogens with zero attached hydrogens (tertiary/aromatic N) is 1. The Hall–Kier alpha value is -1.09. The Morgan fingerprint density at radius 2 is 1.75 bits per heavy atom. The van der Waals surface area contributed by atoms with E-state index in [1.165, 1.54) is 22.3 Å². The molecular formula is C13H14BrNO. The molecule has 0 spiro atoms. The predicted molar refractivity (Wildman–Crippen MR) is 68.8 cm³/mol. The molecule has 0 unspecified atom stereocenters. The van der Waals surface area contributed by atoms with Crippen molar-refractivity contribution < 1.29 is 4.52 Å². The SMILES string of the molecule is Cc1cc(C)c(-c2cc(CBr)on2)c(C)c1. The predicted octanol–water partition coefficient (Wildman–Crippen LogP) is 4.16. The van der Waals surface area contributed by atoms with Crippen molar-refractivity contribution in [3.05, 3.63) is 40.6 Å². The lowest BCUT2D eigenvalue weighted by Crippen LogP contribution is -1.89. The second-order valence-corrected chi connectivity index (χ2v) is 4.65. The standard InChI is InChI=1S/C13H14BrNO/c1-8-4-9(2)13(10(3)5-8)12-6-11(7-14)16-15-12/h4-6H,7H2,1-3H3. The minimum atomic E-state index is 0.698. The molecule has 0 N–H and O–H groups in total. The van der Waals surface area contributed by atoms with Gasteiger partial charge >= 0.3 is 0 Å². The Kier molecular flexibility index (Phi) is 3.15. The van der Waals surface area contributed by atoms with E-state index in [4.69, 9.17) is 4.52 Å². The van der Waals surface area contributed by atoms with Gasteiger partial charge in [-0.1, -0.05) is 38.8 Å². The van der Waals surface area contributed by atoms with Crippen molar-refractivity contribution in [3.8, 4) is 11.3 Å². The Balaban J connectivity index is 2.55. The third-order valence-corrected chi connectivity index (χ3v) is 3.18. The maximum absolute atomic E-state index is 5.21. The van der Waals surface area contributed by atoms with Gasteiger partial charge in [0.2, 0.25) is 0 Å². The van der Waals surface area contributed by atoms with Gasteiger partial charge in [-0.3, -0.25) is 0 Å². The van der Waals surface area contributed by atoms with Crippen LogP contribution in [0.25, 0.3) is 11.3 Å². The third-order valence-electron chi connectivity index (χ3n) is 2.62. The van der Waals surface area contributed by atoms with Crippen molar-refractivity contribution in [3.63, 3.8) is 0 Å². The second-order valence-electron chi connectivity index (χ2n) is 4.09. The molecule has 0 bridgehead atoms. The Morgan fingerprint density at radius 3 is 2.25 bits per heavy atom. The van der Waals surface area contributed by atoms with Crippen molar-refractivity contribution in [1.82, 2.24) is 5.16 Å². The van der Waals surface area contributed by atoms with Crippen molar-refractivity contribution in [1.29, 1.82) is 0 Å². The number of hydrogen-bond acceptors (Lipinski definition) is 2. The largest absolute Gasteiger partial charge is 0.360 e. The zero-order valence-electron chi connectivity index (χ0n) is 9.67. The quantitative estimate of drug-likeness (QED) is 0.772. The van der Waals surface area contributed by atoms with Crippen LogP contribution in [0.3, 0.4) is 0 Å². The number of rotatable bonds is 2. The molecule has 2 nitrogen and oxygen atoms in total. The van der Waals surface area contributed by atoms with E-state index in [0.717, 1.165) is 11.5 Å². The topological polar surface area (TPSA) is 26.0 Å². The van der Waals surface area contributed by atoms with E-state index in [2.05, 4.69) is 54.0 Å². The van der Waals surface area contributed by atoms with Crippen LogP contribution in [0.1, 0.15) is 22.5 Å². The molecule has 3 heteroatoms. The highest BCUT2D eigenvalue weighted by molar-refractivity contribution is 9.08. The fraction of sp³-hybridized carbons (Fsp3) is 0.308. The average Bonchev–Trinajstić information content (AvgIpc) is 2.64. The fourth-order valence-electron chi connectivity index (χ4n) is 2.08. The first-order chi connectivity index (χ1) is 7.61. The van der Waals surface area contributed by atoms with Crippen LogP contribution in [0.4, 0.5) is 0 Å². The summed E-state index contributed by atoms with van der Waals surface area (Å²) in [6, 6.07) is 6.33.